The monoisotopic (exact) mass is 173 g/mol. The van der Waals surface area contributed by atoms with E-state index in [1.165, 1.54) is 0 Å². The maximum atomic E-state index is 9.36. The van der Waals surface area contributed by atoms with Gasteiger partial charge in [-0.05, 0) is 39.2 Å². The standard InChI is InChI=1S/C9H19NO2/c1-9(2,11)6-12-8-3-7(4-8)5-10/h7-8,11H,3-6,10H2,1-2H3. The summed E-state index contributed by atoms with van der Waals surface area (Å²) in [7, 11) is 0. The lowest BCUT2D eigenvalue weighted by Crippen LogP contribution is -2.39. The molecule has 12 heavy (non-hydrogen) atoms. The highest BCUT2D eigenvalue weighted by atomic mass is 16.5. The fourth-order valence-electron chi connectivity index (χ4n) is 1.32. The number of rotatable bonds is 4. The third-order valence-electron chi connectivity index (χ3n) is 2.20. The lowest BCUT2D eigenvalue weighted by molar-refractivity contribution is -0.0906. The summed E-state index contributed by atoms with van der Waals surface area (Å²) in [5, 5.41) is 9.36. The van der Waals surface area contributed by atoms with Crippen LogP contribution in [0.4, 0.5) is 0 Å². The molecule has 0 amide bonds. The van der Waals surface area contributed by atoms with E-state index in [9.17, 15) is 5.11 Å². The molecule has 3 heteroatoms. The van der Waals surface area contributed by atoms with Gasteiger partial charge in [0.25, 0.3) is 0 Å². The Bertz CT molecular complexity index is 136. The molecule has 1 rings (SSSR count). The van der Waals surface area contributed by atoms with Crippen LogP contribution >= 0.6 is 0 Å². The highest BCUT2D eigenvalue weighted by molar-refractivity contribution is 4.81. The topological polar surface area (TPSA) is 55.5 Å². The molecule has 1 aliphatic carbocycles. The molecule has 0 aromatic rings. The van der Waals surface area contributed by atoms with Crippen molar-refractivity contribution in [1.82, 2.24) is 0 Å². The minimum absolute atomic E-state index is 0.338. The third kappa shape index (κ3) is 3.09. The first-order valence-corrected chi connectivity index (χ1v) is 4.55. The molecule has 0 spiro atoms. The molecule has 1 saturated carbocycles. The average molecular weight is 173 g/mol. The number of ether oxygens (including phenoxy) is 1. The summed E-state index contributed by atoms with van der Waals surface area (Å²) in [4.78, 5) is 0. The van der Waals surface area contributed by atoms with Crippen LogP contribution in [0.5, 0.6) is 0 Å². The average Bonchev–Trinajstić information content (AvgIpc) is 1.82. The van der Waals surface area contributed by atoms with Crippen molar-refractivity contribution in [3.8, 4) is 0 Å². The molecule has 0 atom stereocenters. The van der Waals surface area contributed by atoms with Crippen LogP contribution in [-0.4, -0.2) is 30.0 Å². The van der Waals surface area contributed by atoms with E-state index in [1.54, 1.807) is 13.8 Å². The largest absolute Gasteiger partial charge is 0.388 e. The second-order valence-corrected chi connectivity index (χ2v) is 4.32. The molecule has 0 bridgehead atoms. The zero-order chi connectivity index (χ0) is 9.19. The predicted molar refractivity (Wildman–Crippen MR) is 47.8 cm³/mol. The summed E-state index contributed by atoms with van der Waals surface area (Å²) < 4.78 is 5.47. The van der Waals surface area contributed by atoms with E-state index >= 15 is 0 Å². The number of hydrogen-bond acceptors (Lipinski definition) is 3. The first-order valence-electron chi connectivity index (χ1n) is 4.55. The lowest BCUT2D eigenvalue weighted by Gasteiger charge is -2.35. The molecular formula is C9H19NO2. The molecular weight excluding hydrogens is 154 g/mol. The van der Waals surface area contributed by atoms with Crippen LogP contribution in [-0.2, 0) is 4.74 Å². The fraction of sp³-hybridized carbons (Fsp3) is 1.00. The van der Waals surface area contributed by atoms with Crippen molar-refractivity contribution in [2.45, 2.75) is 38.4 Å². The molecule has 1 fully saturated rings. The van der Waals surface area contributed by atoms with Crippen molar-refractivity contribution in [3.05, 3.63) is 0 Å². The Morgan fingerprint density at radius 3 is 2.50 bits per heavy atom. The van der Waals surface area contributed by atoms with Gasteiger partial charge in [-0.1, -0.05) is 0 Å². The van der Waals surface area contributed by atoms with E-state index in [4.69, 9.17) is 10.5 Å². The summed E-state index contributed by atoms with van der Waals surface area (Å²) in [6.07, 6.45) is 2.46. The van der Waals surface area contributed by atoms with Crippen molar-refractivity contribution in [2.75, 3.05) is 13.2 Å². The van der Waals surface area contributed by atoms with Crippen LogP contribution in [0.15, 0.2) is 0 Å². The first-order chi connectivity index (χ1) is 5.51. The molecule has 1 aliphatic rings. The molecule has 72 valence electrons. The summed E-state index contributed by atoms with van der Waals surface area (Å²) in [5.41, 5.74) is 4.77. The maximum Gasteiger partial charge on any atom is 0.0824 e. The SMILES string of the molecule is CC(C)(O)COC1CC(CN)C1. The first kappa shape index (κ1) is 9.96. The van der Waals surface area contributed by atoms with Gasteiger partial charge in [0.1, 0.15) is 0 Å². The van der Waals surface area contributed by atoms with Gasteiger partial charge in [0, 0.05) is 0 Å². The second-order valence-electron chi connectivity index (χ2n) is 4.32. The molecule has 0 heterocycles. The molecule has 0 aromatic heterocycles. The highest BCUT2D eigenvalue weighted by Crippen LogP contribution is 2.29. The Morgan fingerprint density at radius 2 is 2.08 bits per heavy atom. The van der Waals surface area contributed by atoms with Gasteiger partial charge in [-0.2, -0.15) is 0 Å². The predicted octanol–water partition coefficient (Wildman–Crippen LogP) is 0.511. The number of hydrogen-bond donors (Lipinski definition) is 2. The Balaban J connectivity index is 2.04. The van der Waals surface area contributed by atoms with Crippen molar-refractivity contribution in [2.24, 2.45) is 11.7 Å². The van der Waals surface area contributed by atoms with Crippen molar-refractivity contribution < 1.29 is 9.84 Å². The maximum absolute atomic E-state index is 9.36. The molecule has 0 saturated heterocycles. The number of aliphatic hydroxyl groups is 1. The van der Waals surface area contributed by atoms with Gasteiger partial charge in [-0.25, -0.2) is 0 Å². The molecule has 0 radical (unpaired) electrons. The van der Waals surface area contributed by atoms with Crippen molar-refractivity contribution in [1.29, 1.82) is 0 Å². The smallest absolute Gasteiger partial charge is 0.0824 e. The van der Waals surface area contributed by atoms with Gasteiger partial charge >= 0.3 is 0 Å². The number of nitrogens with two attached hydrogens (primary N) is 1. The summed E-state index contributed by atoms with van der Waals surface area (Å²) in [6.45, 7) is 4.70. The normalized spacial score (nSPS) is 30.0. The molecule has 0 aromatic carbocycles. The van der Waals surface area contributed by atoms with E-state index in [0.29, 0.717) is 18.6 Å². The van der Waals surface area contributed by atoms with Crippen LogP contribution < -0.4 is 5.73 Å². The Labute approximate surface area is 73.9 Å². The van der Waals surface area contributed by atoms with Gasteiger partial charge in [0.2, 0.25) is 0 Å². The van der Waals surface area contributed by atoms with Crippen LogP contribution in [0, 0.1) is 5.92 Å². The van der Waals surface area contributed by atoms with Crippen LogP contribution in [0.3, 0.4) is 0 Å². The lowest BCUT2D eigenvalue weighted by atomic mass is 9.82. The van der Waals surface area contributed by atoms with Gasteiger partial charge in [-0.15, -0.1) is 0 Å². The Kier molecular flexibility index (Phi) is 3.09. The molecule has 3 nitrogen and oxygen atoms in total. The van der Waals surface area contributed by atoms with Crippen LogP contribution in [0.1, 0.15) is 26.7 Å². The zero-order valence-corrected chi connectivity index (χ0v) is 7.92. The Hall–Kier alpha value is -0.120. The van der Waals surface area contributed by atoms with Gasteiger partial charge < -0.3 is 15.6 Å². The fourth-order valence-corrected chi connectivity index (χ4v) is 1.32. The molecule has 0 aliphatic heterocycles. The van der Waals surface area contributed by atoms with E-state index in [0.717, 1.165) is 19.4 Å². The van der Waals surface area contributed by atoms with Gasteiger partial charge in [0.05, 0.1) is 18.3 Å². The van der Waals surface area contributed by atoms with Crippen molar-refractivity contribution >= 4 is 0 Å². The van der Waals surface area contributed by atoms with Crippen LogP contribution in [0.25, 0.3) is 0 Å². The van der Waals surface area contributed by atoms with Crippen LogP contribution in [0.2, 0.25) is 0 Å². The molecule has 0 unspecified atom stereocenters. The minimum atomic E-state index is -0.701. The second kappa shape index (κ2) is 3.73. The van der Waals surface area contributed by atoms with Gasteiger partial charge in [-0.3, -0.25) is 0 Å². The third-order valence-corrected chi connectivity index (χ3v) is 2.20. The highest BCUT2D eigenvalue weighted by Gasteiger charge is 2.29. The van der Waals surface area contributed by atoms with E-state index < -0.39 is 5.60 Å². The summed E-state index contributed by atoms with van der Waals surface area (Å²) in [6, 6.07) is 0. The summed E-state index contributed by atoms with van der Waals surface area (Å²) in [5.74, 6) is 0.650. The van der Waals surface area contributed by atoms with Gasteiger partial charge in [0.15, 0.2) is 0 Å². The van der Waals surface area contributed by atoms with Crippen molar-refractivity contribution in [3.63, 3.8) is 0 Å². The zero-order valence-electron chi connectivity index (χ0n) is 7.92. The molecule has 3 N–H and O–H groups in total. The van der Waals surface area contributed by atoms with E-state index in [1.807, 2.05) is 0 Å². The van der Waals surface area contributed by atoms with E-state index in [-0.39, 0.29) is 0 Å². The minimum Gasteiger partial charge on any atom is -0.388 e. The Morgan fingerprint density at radius 1 is 1.50 bits per heavy atom. The summed E-state index contributed by atoms with van der Waals surface area (Å²) >= 11 is 0. The quantitative estimate of drug-likeness (QED) is 0.651. The van der Waals surface area contributed by atoms with E-state index in [2.05, 4.69) is 0 Å².